The maximum absolute atomic E-state index is 13.3. The van der Waals surface area contributed by atoms with Crippen LogP contribution in [-0.2, 0) is 9.59 Å². The van der Waals surface area contributed by atoms with E-state index in [2.05, 4.69) is 10.6 Å². The third kappa shape index (κ3) is 4.65. The first kappa shape index (κ1) is 23.4. The Balaban J connectivity index is 1.38. The fraction of sp³-hybridized carbons (Fsp3) is 0.609. The molecule has 1 unspecified atom stereocenters. The second-order valence-corrected chi connectivity index (χ2v) is 9.23. The van der Waals surface area contributed by atoms with Crippen LogP contribution in [0, 0.1) is 17.2 Å². The molecule has 2 aliphatic heterocycles. The fourth-order valence-electron chi connectivity index (χ4n) is 4.78. The number of alkyl halides is 3. The van der Waals surface area contributed by atoms with Gasteiger partial charge in [0.1, 0.15) is 5.75 Å². The van der Waals surface area contributed by atoms with Crippen LogP contribution in [0.2, 0.25) is 0 Å². The first-order chi connectivity index (χ1) is 15.6. The van der Waals surface area contributed by atoms with Gasteiger partial charge in [-0.25, -0.2) is 0 Å². The summed E-state index contributed by atoms with van der Waals surface area (Å²) in [5, 5.41) is 14.2. The number of nitrogens with zero attached hydrogens (tertiary/aromatic N) is 1. The quantitative estimate of drug-likeness (QED) is 0.598. The molecule has 180 valence electrons. The van der Waals surface area contributed by atoms with Crippen molar-refractivity contribution in [1.82, 2.24) is 15.5 Å². The minimum atomic E-state index is -4.53. The molecule has 1 aromatic rings. The van der Waals surface area contributed by atoms with Crippen molar-refractivity contribution in [2.75, 3.05) is 6.54 Å². The lowest BCUT2D eigenvalue weighted by molar-refractivity contribution is -0.201. The van der Waals surface area contributed by atoms with Crippen LogP contribution in [-0.4, -0.2) is 47.0 Å². The molecule has 1 aliphatic carbocycles. The van der Waals surface area contributed by atoms with Crippen molar-refractivity contribution in [1.29, 1.82) is 5.41 Å². The third-order valence-corrected chi connectivity index (χ3v) is 7.17. The fourth-order valence-corrected chi connectivity index (χ4v) is 4.78. The topological polar surface area (TPSA) is 94.5 Å². The van der Waals surface area contributed by atoms with E-state index in [1.807, 2.05) is 13.8 Å². The Morgan fingerprint density at radius 1 is 1.27 bits per heavy atom. The van der Waals surface area contributed by atoms with Crippen LogP contribution < -0.4 is 15.4 Å². The Morgan fingerprint density at radius 2 is 1.97 bits per heavy atom. The van der Waals surface area contributed by atoms with Gasteiger partial charge in [-0.2, -0.15) is 13.2 Å². The van der Waals surface area contributed by atoms with Crippen molar-refractivity contribution in [3.8, 4) is 5.75 Å². The van der Waals surface area contributed by atoms with Gasteiger partial charge >= 0.3 is 6.18 Å². The Kier molecular flexibility index (Phi) is 6.05. The SMILES string of the molecule is CCC1(CC)CC(=O)N(C[C@@H]2C[C@H]2C(=O)N[C@H]2CC(C(F)(F)F)Oc3ccccc32)C(=N)N1. The number of para-hydroxylation sites is 1. The van der Waals surface area contributed by atoms with Crippen LogP contribution in [0.5, 0.6) is 5.75 Å². The third-order valence-electron chi connectivity index (χ3n) is 7.17. The van der Waals surface area contributed by atoms with Gasteiger partial charge in [-0.1, -0.05) is 32.0 Å². The highest BCUT2D eigenvalue weighted by Crippen LogP contribution is 2.43. The molecule has 4 rings (SSSR count). The van der Waals surface area contributed by atoms with Crippen LogP contribution in [0.4, 0.5) is 13.2 Å². The molecule has 3 N–H and O–H groups in total. The number of hydrogen-bond acceptors (Lipinski definition) is 4. The average molecular weight is 467 g/mol. The summed E-state index contributed by atoms with van der Waals surface area (Å²) in [6, 6.07) is 5.62. The number of ether oxygens (including phenoxy) is 1. The van der Waals surface area contributed by atoms with Gasteiger partial charge in [-0.05, 0) is 31.2 Å². The molecule has 0 radical (unpaired) electrons. The highest BCUT2D eigenvalue weighted by molar-refractivity contribution is 5.99. The van der Waals surface area contributed by atoms with Gasteiger partial charge in [-0.15, -0.1) is 0 Å². The summed E-state index contributed by atoms with van der Waals surface area (Å²) in [7, 11) is 0. The summed E-state index contributed by atoms with van der Waals surface area (Å²) in [5.41, 5.74) is 0.118. The first-order valence-electron chi connectivity index (χ1n) is 11.4. The number of carbonyl (C=O) groups is 2. The molecular weight excluding hydrogens is 437 g/mol. The number of hydrogen-bond donors (Lipinski definition) is 3. The molecule has 7 nitrogen and oxygen atoms in total. The lowest BCUT2D eigenvalue weighted by Crippen LogP contribution is -2.62. The standard InChI is InChI=1S/C23H29F3N4O3/c1-3-22(4-2)11-19(31)30(21(27)29-22)12-13-9-15(13)20(32)28-16-10-18(23(24,25)26)33-17-8-6-5-7-14(16)17/h5-8,13,15-16,18H,3-4,9-12H2,1-2H3,(H2,27,29)(H,28,32)/t13-,15+,16-,18?/m0/s1. The summed E-state index contributed by atoms with van der Waals surface area (Å²) in [6.45, 7) is 4.21. The zero-order valence-corrected chi connectivity index (χ0v) is 18.7. The van der Waals surface area contributed by atoms with Crippen molar-refractivity contribution in [3.05, 3.63) is 29.8 Å². The van der Waals surface area contributed by atoms with Crippen LogP contribution in [0.15, 0.2) is 24.3 Å². The van der Waals surface area contributed by atoms with E-state index >= 15 is 0 Å². The molecule has 1 saturated heterocycles. The zero-order valence-electron chi connectivity index (χ0n) is 18.7. The van der Waals surface area contributed by atoms with Gasteiger partial charge in [0, 0.05) is 30.0 Å². The molecule has 10 heteroatoms. The number of amides is 2. The van der Waals surface area contributed by atoms with E-state index in [0.29, 0.717) is 18.4 Å². The summed E-state index contributed by atoms with van der Waals surface area (Å²) in [4.78, 5) is 26.9. The summed E-state index contributed by atoms with van der Waals surface area (Å²) in [6.07, 6.45) is -4.63. The van der Waals surface area contributed by atoms with Gasteiger partial charge in [0.15, 0.2) is 12.1 Å². The van der Waals surface area contributed by atoms with Gasteiger partial charge in [-0.3, -0.25) is 19.9 Å². The first-order valence-corrected chi connectivity index (χ1v) is 11.4. The predicted molar refractivity (Wildman–Crippen MR) is 115 cm³/mol. The van der Waals surface area contributed by atoms with E-state index in [1.165, 1.54) is 11.0 Å². The van der Waals surface area contributed by atoms with E-state index < -0.39 is 29.8 Å². The Hall–Kier alpha value is -2.78. The number of benzene rings is 1. The second kappa shape index (κ2) is 8.53. The van der Waals surface area contributed by atoms with Gasteiger partial charge in [0.05, 0.1) is 12.5 Å². The van der Waals surface area contributed by atoms with Gasteiger partial charge in [0.25, 0.3) is 0 Å². The lowest BCUT2D eigenvalue weighted by atomic mass is 9.87. The van der Waals surface area contributed by atoms with E-state index in [0.717, 1.165) is 12.8 Å². The van der Waals surface area contributed by atoms with Crippen molar-refractivity contribution in [2.24, 2.45) is 11.8 Å². The average Bonchev–Trinajstić information content (AvgIpc) is 3.55. The summed E-state index contributed by atoms with van der Waals surface area (Å²) < 4.78 is 45.1. The molecule has 2 amide bonds. The largest absolute Gasteiger partial charge is 0.480 e. The second-order valence-electron chi connectivity index (χ2n) is 9.23. The normalized spacial score (nSPS) is 28.5. The molecule has 0 bridgehead atoms. The molecule has 2 heterocycles. The number of fused-ring (bicyclic) bond motifs is 1. The molecule has 1 aromatic carbocycles. The van der Waals surface area contributed by atoms with Crippen molar-refractivity contribution in [3.63, 3.8) is 0 Å². The molecule has 3 aliphatic rings. The number of guanidine groups is 1. The van der Waals surface area contributed by atoms with Crippen molar-refractivity contribution < 1.29 is 27.5 Å². The number of halogens is 3. The molecular formula is C23H29F3N4O3. The summed E-state index contributed by atoms with van der Waals surface area (Å²) in [5.74, 6) is -0.817. The van der Waals surface area contributed by atoms with Gasteiger partial charge < -0.3 is 15.4 Å². The smallest absolute Gasteiger partial charge is 0.425 e. The highest BCUT2D eigenvalue weighted by atomic mass is 19.4. The Morgan fingerprint density at radius 3 is 2.61 bits per heavy atom. The molecule has 0 spiro atoms. The maximum atomic E-state index is 13.3. The monoisotopic (exact) mass is 466 g/mol. The maximum Gasteiger partial charge on any atom is 0.425 e. The molecule has 2 fully saturated rings. The van der Waals surface area contributed by atoms with Crippen molar-refractivity contribution >= 4 is 17.8 Å². The number of carbonyl (C=O) groups excluding carboxylic acids is 2. The van der Waals surface area contributed by atoms with Crippen LogP contribution >= 0.6 is 0 Å². The van der Waals surface area contributed by atoms with E-state index in [1.54, 1.807) is 18.2 Å². The van der Waals surface area contributed by atoms with E-state index in [4.69, 9.17) is 10.1 Å². The molecule has 4 atom stereocenters. The van der Waals surface area contributed by atoms with E-state index in [-0.39, 0.29) is 42.4 Å². The summed E-state index contributed by atoms with van der Waals surface area (Å²) >= 11 is 0. The molecule has 1 saturated carbocycles. The Bertz CT molecular complexity index is 927. The predicted octanol–water partition coefficient (Wildman–Crippen LogP) is 3.51. The van der Waals surface area contributed by atoms with Gasteiger partial charge in [0.2, 0.25) is 11.8 Å². The van der Waals surface area contributed by atoms with Crippen LogP contribution in [0.3, 0.4) is 0 Å². The Labute approximate surface area is 190 Å². The lowest BCUT2D eigenvalue weighted by Gasteiger charge is -2.42. The number of rotatable bonds is 6. The van der Waals surface area contributed by atoms with Crippen molar-refractivity contribution in [2.45, 2.75) is 69.8 Å². The zero-order chi connectivity index (χ0) is 24.0. The highest BCUT2D eigenvalue weighted by Gasteiger charge is 2.50. The minimum absolute atomic E-state index is 0.0485. The van der Waals surface area contributed by atoms with E-state index in [9.17, 15) is 22.8 Å². The minimum Gasteiger partial charge on any atom is -0.480 e. The number of nitrogens with one attached hydrogen (secondary N) is 3. The van der Waals surface area contributed by atoms with Crippen LogP contribution in [0.1, 0.15) is 57.6 Å². The molecule has 0 aromatic heterocycles. The van der Waals surface area contributed by atoms with Crippen LogP contribution in [0.25, 0.3) is 0 Å². The molecule has 33 heavy (non-hydrogen) atoms.